The van der Waals surface area contributed by atoms with Crippen LogP contribution in [0.15, 0.2) is 0 Å². The summed E-state index contributed by atoms with van der Waals surface area (Å²) in [5.41, 5.74) is 0. The third-order valence-corrected chi connectivity index (χ3v) is 4.15. The lowest BCUT2D eigenvalue weighted by molar-refractivity contribution is -0.122. The molecule has 0 aliphatic heterocycles. The highest BCUT2D eigenvalue weighted by Gasteiger charge is 2.07. The molecule has 0 aromatic rings. The molecule has 21 heavy (non-hydrogen) atoms. The van der Waals surface area contributed by atoms with Crippen molar-refractivity contribution in [1.82, 2.24) is 10.2 Å². The summed E-state index contributed by atoms with van der Waals surface area (Å²) in [4.78, 5) is 13.7. The van der Waals surface area contributed by atoms with Crippen molar-refractivity contribution in [2.24, 2.45) is 0 Å². The van der Waals surface area contributed by atoms with E-state index in [0.717, 1.165) is 6.42 Å². The molecule has 0 rings (SSSR count). The molecule has 0 fully saturated rings. The smallest absolute Gasteiger partial charge is 0.221 e. The van der Waals surface area contributed by atoms with Gasteiger partial charge in [0, 0.05) is 6.42 Å². The third-order valence-electron chi connectivity index (χ3n) is 4.15. The average molecular weight is 299 g/mol. The Labute approximate surface area is 132 Å². The molecule has 1 atom stereocenters. The van der Waals surface area contributed by atoms with Gasteiger partial charge in [-0.3, -0.25) is 9.69 Å². The van der Waals surface area contributed by atoms with Gasteiger partial charge in [-0.05, 0) is 27.4 Å². The number of hydrogen-bond donors (Lipinski definition) is 1. The highest BCUT2D eigenvalue weighted by atomic mass is 16.1. The van der Waals surface area contributed by atoms with Gasteiger partial charge in [-0.2, -0.15) is 0 Å². The lowest BCUT2D eigenvalue weighted by atomic mass is 10.1. The Bertz CT molecular complexity index is 241. The first-order chi connectivity index (χ1) is 10.1. The van der Waals surface area contributed by atoms with Gasteiger partial charge in [-0.15, -0.1) is 0 Å². The number of amides is 1. The molecule has 0 saturated carbocycles. The Balaban J connectivity index is 3.23. The molecule has 0 bridgehead atoms. The highest BCUT2D eigenvalue weighted by molar-refractivity contribution is 5.76. The van der Waals surface area contributed by atoms with E-state index in [1.54, 1.807) is 0 Å². The minimum Gasteiger partial charge on any atom is -0.341 e. The molecule has 0 spiro atoms. The van der Waals surface area contributed by atoms with Crippen molar-refractivity contribution in [3.05, 3.63) is 0 Å². The van der Waals surface area contributed by atoms with Gasteiger partial charge >= 0.3 is 0 Å². The first-order valence-electron chi connectivity index (χ1n) is 9.03. The zero-order chi connectivity index (χ0) is 15.9. The van der Waals surface area contributed by atoms with Gasteiger partial charge < -0.3 is 5.32 Å². The lowest BCUT2D eigenvalue weighted by Gasteiger charge is -2.20. The van der Waals surface area contributed by atoms with Crippen LogP contribution in [-0.2, 0) is 4.79 Å². The van der Waals surface area contributed by atoms with E-state index >= 15 is 0 Å². The van der Waals surface area contributed by atoms with Gasteiger partial charge in [0.1, 0.15) is 0 Å². The molecule has 0 aromatic carbocycles. The summed E-state index contributed by atoms with van der Waals surface area (Å²) in [5.74, 6) is 0.187. The fraction of sp³-hybridized carbons (Fsp3) is 0.944. The molecule has 0 aromatic heterocycles. The van der Waals surface area contributed by atoms with Crippen LogP contribution < -0.4 is 5.32 Å². The standard InChI is InChI=1S/C18H38N2O/c1-5-6-7-8-9-10-11-12-13-14-15-16-18(21)19-17(2)20(3)4/h17H,5-16H2,1-4H3,(H,19,21). The topological polar surface area (TPSA) is 32.3 Å². The van der Waals surface area contributed by atoms with Crippen LogP contribution in [-0.4, -0.2) is 31.1 Å². The van der Waals surface area contributed by atoms with E-state index in [2.05, 4.69) is 12.2 Å². The molecular formula is C18H38N2O. The summed E-state index contributed by atoms with van der Waals surface area (Å²) >= 11 is 0. The van der Waals surface area contributed by atoms with Gasteiger partial charge in [-0.1, -0.05) is 71.1 Å². The van der Waals surface area contributed by atoms with Gasteiger partial charge in [0.05, 0.1) is 6.17 Å². The molecule has 3 heteroatoms. The minimum absolute atomic E-state index is 0.130. The van der Waals surface area contributed by atoms with Crippen LogP contribution in [0.25, 0.3) is 0 Å². The second-order valence-electron chi connectivity index (χ2n) is 6.49. The van der Waals surface area contributed by atoms with Crippen LogP contribution >= 0.6 is 0 Å². The number of rotatable bonds is 14. The summed E-state index contributed by atoms with van der Waals surface area (Å²) in [6, 6.07) is 0. The number of carbonyl (C=O) groups is 1. The van der Waals surface area contributed by atoms with E-state index < -0.39 is 0 Å². The van der Waals surface area contributed by atoms with Gasteiger partial charge in [-0.25, -0.2) is 0 Å². The molecular weight excluding hydrogens is 260 g/mol. The fourth-order valence-corrected chi connectivity index (χ4v) is 2.38. The van der Waals surface area contributed by atoms with E-state index in [1.165, 1.54) is 64.2 Å². The van der Waals surface area contributed by atoms with E-state index in [-0.39, 0.29) is 12.1 Å². The zero-order valence-corrected chi connectivity index (χ0v) is 14.9. The molecule has 1 unspecified atom stereocenters. The number of nitrogens with one attached hydrogen (secondary N) is 1. The maximum Gasteiger partial charge on any atom is 0.221 e. The Morgan fingerprint density at radius 1 is 0.857 bits per heavy atom. The monoisotopic (exact) mass is 298 g/mol. The van der Waals surface area contributed by atoms with Gasteiger partial charge in [0.15, 0.2) is 0 Å². The Kier molecular flexibility index (Phi) is 14.0. The summed E-state index contributed by atoms with van der Waals surface area (Å²) in [7, 11) is 3.96. The zero-order valence-electron chi connectivity index (χ0n) is 14.9. The number of hydrogen-bond acceptors (Lipinski definition) is 2. The second kappa shape index (κ2) is 14.4. The van der Waals surface area contributed by atoms with Crippen LogP contribution in [0.2, 0.25) is 0 Å². The van der Waals surface area contributed by atoms with Crippen LogP contribution in [0.5, 0.6) is 0 Å². The summed E-state index contributed by atoms with van der Waals surface area (Å²) in [6.45, 7) is 4.28. The highest BCUT2D eigenvalue weighted by Crippen LogP contribution is 2.11. The van der Waals surface area contributed by atoms with Crippen molar-refractivity contribution in [2.75, 3.05) is 14.1 Å². The van der Waals surface area contributed by atoms with E-state index in [1.807, 2.05) is 25.9 Å². The van der Waals surface area contributed by atoms with Crippen LogP contribution in [0.3, 0.4) is 0 Å². The largest absolute Gasteiger partial charge is 0.341 e. The molecule has 1 N–H and O–H groups in total. The van der Waals surface area contributed by atoms with Crippen molar-refractivity contribution in [3.63, 3.8) is 0 Å². The second-order valence-corrected chi connectivity index (χ2v) is 6.49. The van der Waals surface area contributed by atoms with E-state index in [4.69, 9.17) is 0 Å². The first-order valence-corrected chi connectivity index (χ1v) is 9.03. The molecule has 0 heterocycles. The quantitative estimate of drug-likeness (QED) is 0.372. The Morgan fingerprint density at radius 3 is 1.71 bits per heavy atom. The number of unbranched alkanes of at least 4 members (excludes halogenated alkanes) is 10. The van der Waals surface area contributed by atoms with Crippen molar-refractivity contribution >= 4 is 5.91 Å². The molecule has 0 aliphatic carbocycles. The average Bonchev–Trinajstić information content (AvgIpc) is 2.44. The van der Waals surface area contributed by atoms with Gasteiger partial charge in [0.25, 0.3) is 0 Å². The lowest BCUT2D eigenvalue weighted by Crippen LogP contribution is -2.42. The molecule has 3 nitrogen and oxygen atoms in total. The predicted molar refractivity (Wildman–Crippen MR) is 92.4 cm³/mol. The van der Waals surface area contributed by atoms with Crippen LogP contribution in [0.1, 0.15) is 90.9 Å². The number of nitrogens with zero attached hydrogens (tertiary/aromatic N) is 1. The maximum absolute atomic E-state index is 11.7. The molecule has 0 aliphatic rings. The number of carbonyl (C=O) groups excluding carboxylic acids is 1. The Morgan fingerprint density at radius 2 is 1.29 bits per heavy atom. The molecule has 0 radical (unpaired) electrons. The van der Waals surface area contributed by atoms with Crippen molar-refractivity contribution < 1.29 is 4.79 Å². The summed E-state index contributed by atoms with van der Waals surface area (Å²) in [6.07, 6.45) is 15.4. The summed E-state index contributed by atoms with van der Waals surface area (Å²) in [5, 5.41) is 3.00. The van der Waals surface area contributed by atoms with Crippen LogP contribution in [0, 0.1) is 0 Å². The molecule has 1 amide bonds. The SMILES string of the molecule is CCCCCCCCCCCCCC(=O)NC(C)N(C)C. The summed E-state index contributed by atoms with van der Waals surface area (Å²) < 4.78 is 0. The van der Waals surface area contributed by atoms with E-state index in [0.29, 0.717) is 6.42 Å². The maximum atomic E-state index is 11.7. The Hall–Kier alpha value is -0.570. The van der Waals surface area contributed by atoms with Crippen molar-refractivity contribution in [2.45, 2.75) is 97.1 Å². The third kappa shape index (κ3) is 14.1. The van der Waals surface area contributed by atoms with Gasteiger partial charge in [0.2, 0.25) is 5.91 Å². The predicted octanol–water partition coefficient (Wildman–Crippen LogP) is 4.71. The molecule has 126 valence electrons. The normalized spacial score (nSPS) is 12.6. The van der Waals surface area contributed by atoms with Crippen molar-refractivity contribution in [1.29, 1.82) is 0 Å². The first kappa shape index (κ1) is 20.4. The van der Waals surface area contributed by atoms with Crippen LogP contribution in [0.4, 0.5) is 0 Å². The van der Waals surface area contributed by atoms with E-state index in [9.17, 15) is 4.79 Å². The molecule has 0 saturated heterocycles. The minimum atomic E-state index is 0.130. The fourth-order valence-electron chi connectivity index (χ4n) is 2.38. The van der Waals surface area contributed by atoms with Crippen molar-refractivity contribution in [3.8, 4) is 0 Å².